The molecule has 0 saturated heterocycles. The lowest BCUT2D eigenvalue weighted by molar-refractivity contribution is -0.145. The fourth-order valence-corrected chi connectivity index (χ4v) is 12.7. The van der Waals surface area contributed by atoms with Gasteiger partial charge in [0.15, 0.2) is 0 Å². The van der Waals surface area contributed by atoms with Gasteiger partial charge in [-0.05, 0) is 138 Å². The van der Waals surface area contributed by atoms with Gasteiger partial charge in [0.25, 0.3) is 5.91 Å². The van der Waals surface area contributed by atoms with Crippen LogP contribution in [0.5, 0.6) is 11.5 Å². The Kier molecular flexibility index (Phi) is 28.4. The van der Waals surface area contributed by atoms with Crippen LogP contribution in [0.25, 0.3) is 0 Å². The minimum Gasteiger partial charge on any atom is -0.507 e. The van der Waals surface area contributed by atoms with Gasteiger partial charge in [-0.25, -0.2) is 4.79 Å². The van der Waals surface area contributed by atoms with Gasteiger partial charge in [-0.15, -0.1) is 0 Å². The van der Waals surface area contributed by atoms with Gasteiger partial charge in [0.05, 0.1) is 52.7 Å². The molecule has 6 N–H and O–H groups in total. The van der Waals surface area contributed by atoms with Gasteiger partial charge in [-0.2, -0.15) is 8.78 Å². The van der Waals surface area contributed by atoms with E-state index >= 15 is 4.79 Å². The molecule has 0 unspecified atom stereocenters. The van der Waals surface area contributed by atoms with Crippen molar-refractivity contribution in [3.05, 3.63) is 328 Å². The van der Waals surface area contributed by atoms with Crippen LogP contribution < -0.4 is 21.3 Å². The summed E-state index contributed by atoms with van der Waals surface area (Å²) in [5.41, 5.74) is 8.73. The number of pyridine rings is 8. The van der Waals surface area contributed by atoms with Crippen LogP contribution in [-0.4, -0.2) is 130 Å². The second-order valence-corrected chi connectivity index (χ2v) is 26.8. The molecule has 24 nitrogen and oxygen atoms in total. The summed E-state index contributed by atoms with van der Waals surface area (Å²) >= 11 is 5.05. The van der Waals surface area contributed by atoms with Crippen LogP contribution in [0.4, 0.5) is 14.5 Å². The molecule has 0 aliphatic rings. The van der Waals surface area contributed by atoms with E-state index in [1.165, 1.54) is 25.3 Å². The lowest BCUT2D eigenvalue weighted by atomic mass is 9.97. The number of rotatable bonds is 38. The number of hydrogen-bond acceptors (Lipinski definition) is 20. The summed E-state index contributed by atoms with van der Waals surface area (Å²) < 4.78 is 33.2. The molecule has 11 rings (SSSR count). The molecule has 0 aliphatic heterocycles. The van der Waals surface area contributed by atoms with Crippen LogP contribution in [0.1, 0.15) is 95.7 Å². The topological polar surface area (TPSA) is 299 Å². The summed E-state index contributed by atoms with van der Waals surface area (Å²) in [6, 6.07) is 54.5. The minimum absolute atomic E-state index is 0.0133. The molecule has 8 aromatic heterocycles. The smallest absolute Gasteiger partial charge is 0.400 e. The first kappa shape index (κ1) is 78.9. The van der Waals surface area contributed by atoms with E-state index in [-0.39, 0.29) is 74.7 Å². The van der Waals surface area contributed by atoms with Gasteiger partial charge in [-0.3, -0.25) is 78.6 Å². The first-order valence-corrected chi connectivity index (χ1v) is 36.0. The van der Waals surface area contributed by atoms with Crippen LogP contribution in [-0.2, 0) is 115 Å². The van der Waals surface area contributed by atoms with E-state index in [9.17, 15) is 38.2 Å². The number of hydrogen-bond donors (Lipinski definition) is 6. The standard InChI is InChI=1S/C83H83ClF2N16O8/c1-110-81(108)75(44-59-41-63(48-101(54-70-24-6-14-34-91-70)55-71-25-7-15-35-92-71)78(105)64(42-59)49-102(56-72-26-8-16-36-93-72)57-73-27-9-17-37-94-73)97-76(103)29-38-95-80(107)74(98-79(106)60-19-18-28-65(45-60)96-82(109)83(84,85)86)43-58-39-61(46-99(50-66-20-2-10-30-87-66)51-67-21-3-11-31-88-67)77(104)62(40-58)47-100(52-68-22-4-12-32-89-68)53-69-23-5-13-33-90-69/h2-28,30-37,39-42,45,74-75,104-105H,29,38,43-44,46-57H2,1H3,(H,95,107)(H,96,109)(H,97,103)(H,98,106)/t74-,75-/m0/s1. The van der Waals surface area contributed by atoms with Crippen LogP contribution in [0.2, 0.25) is 0 Å². The molecule has 0 radical (unpaired) electrons. The number of aromatic nitrogens is 8. The summed E-state index contributed by atoms with van der Waals surface area (Å²) in [5, 5.41) is 31.4. The van der Waals surface area contributed by atoms with Gasteiger partial charge in [0.2, 0.25) is 11.8 Å². The number of ether oxygens (including phenoxy) is 1. The van der Waals surface area contributed by atoms with Gasteiger partial charge < -0.3 is 36.2 Å². The Morgan fingerprint density at radius 1 is 0.427 bits per heavy atom. The van der Waals surface area contributed by atoms with Gasteiger partial charge in [0, 0.05) is 187 Å². The molecule has 0 aliphatic carbocycles. The zero-order valence-corrected chi connectivity index (χ0v) is 61.2. The summed E-state index contributed by atoms with van der Waals surface area (Å²) in [6.45, 7) is 3.18. The lowest BCUT2D eigenvalue weighted by Gasteiger charge is -2.26. The maximum Gasteiger partial charge on any atom is 0.400 e. The number of nitrogens with one attached hydrogen (secondary N) is 4. The highest BCUT2D eigenvalue weighted by atomic mass is 35.5. The lowest BCUT2D eigenvalue weighted by Crippen LogP contribution is -2.49. The predicted octanol–water partition coefficient (Wildman–Crippen LogP) is 10.6. The van der Waals surface area contributed by atoms with Crippen molar-refractivity contribution in [1.29, 1.82) is 0 Å². The van der Waals surface area contributed by atoms with Gasteiger partial charge in [-0.1, -0.05) is 78.9 Å². The molecule has 0 spiro atoms. The fourth-order valence-electron chi connectivity index (χ4n) is 12.7. The molecule has 11 aromatic rings. The number of carbonyl (C=O) groups excluding carboxylic acids is 5. The van der Waals surface area contributed by atoms with Crippen molar-refractivity contribution in [1.82, 2.24) is 75.4 Å². The van der Waals surface area contributed by atoms with Crippen LogP contribution in [0, 0.1) is 0 Å². The van der Waals surface area contributed by atoms with E-state index in [1.807, 2.05) is 151 Å². The van der Waals surface area contributed by atoms with Crippen molar-refractivity contribution in [3.8, 4) is 11.5 Å². The van der Waals surface area contributed by atoms with Crippen molar-refractivity contribution >= 4 is 46.9 Å². The largest absolute Gasteiger partial charge is 0.507 e. The van der Waals surface area contributed by atoms with Crippen molar-refractivity contribution in [2.45, 2.75) is 115 Å². The number of phenolic OH excluding ortho intramolecular Hbond substituents is 2. The summed E-state index contributed by atoms with van der Waals surface area (Å²) in [7, 11) is 1.20. The molecular weight excluding hydrogens is 1420 g/mol. The number of benzene rings is 3. The summed E-state index contributed by atoms with van der Waals surface area (Å²) in [5.74, 6) is -4.92. The summed E-state index contributed by atoms with van der Waals surface area (Å²) in [6.07, 6.45) is 12.9. The van der Waals surface area contributed by atoms with Crippen molar-refractivity contribution in [3.63, 3.8) is 0 Å². The van der Waals surface area contributed by atoms with Crippen molar-refractivity contribution < 1.29 is 47.7 Å². The van der Waals surface area contributed by atoms with E-state index in [2.05, 4.69) is 75.4 Å². The average molecular weight is 1510 g/mol. The number of carbonyl (C=O) groups is 5. The molecular formula is C83H83ClF2N16O8. The number of aromatic hydroxyl groups is 2. The first-order chi connectivity index (χ1) is 53.4. The van der Waals surface area contributed by atoms with Crippen LogP contribution in [0.3, 0.4) is 0 Å². The average Bonchev–Trinajstić information content (AvgIpc) is 0.811. The van der Waals surface area contributed by atoms with Crippen molar-refractivity contribution in [2.24, 2.45) is 0 Å². The zero-order chi connectivity index (χ0) is 77.0. The molecule has 0 saturated carbocycles. The molecule has 564 valence electrons. The quantitative estimate of drug-likeness (QED) is 0.0155. The Labute approximate surface area is 640 Å². The van der Waals surface area contributed by atoms with E-state index in [1.54, 1.807) is 73.8 Å². The number of anilines is 1. The maximum atomic E-state index is 15.1. The Hall–Kier alpha value is -12.2. The summed E-state index contributed by atoms with van der Waals surface area (Å²) in [4.78, 5) is 116. The Morgan fingerprint density at radius 2 is 0.745 bits per heavy atom. The third-order valence-electron chi connectivity index (χ3n) is 17.7. The predicted molar refractivity (Wildman–Crippen MR) is 408 cm³/mol. The number of esters is 1. The van der Waals surface area contributed by atoms with E-state index in [0.29, 0.717) is 85.7 Å². The first-order valence-electron chi connectivity index (χ1n) is 35.6. The van der Waals surface area contributed by atoms with Crippen LogP contribution in [0.15, 0.2) is 244 Å². The number of amides is 4. The highest BCUT2D eigenvalue weighted by Crippen LogP contribution is 2.33. The fraction of sp³-hybridized carbons (Fsp3) is 0.241. The number of phenols is 2. The number of halogens is 3. The Bertz CT molecular complexity index is 4410. The molecule has 0 fully saturated rings. The molecule has 0 bridgehead atoms. The molecule has 4 amide bonds. The normalized spacial score (nSPS) is 12.0. The molecule has 3 aromatic carbocycles. The maximum absolute atomic E-state index is 15.1. The third kappa shape index (κ3) is 24.4. The number of alkyl halides is 3. The van der Waals surface area contributed by atoms with Crippen molar-refractivity contribution in [2.75, 3.05) is 19.0 Å². The van der Waals surface area contributed by atoms with Gasteiger partial charge >= 0.3 is 17.3 Å². The zero-order valence-electron chi connectivity index (χ0n) is 60.4. The van der Waals surface area contributed by atoms with E-state index in [0.717, 1.165) is 51.6 Å². The molecule has 110 heavy (non-hydrogen) atoms. The SMILES string of the molecule is COC(=O)[C@H](Cc1cc(CN(Cc2ccccn2)Cc2ccccn2)c(O)c(CN(Cc2ccccn2)Cc2ccccn2)c1)NC(=O)CCNC(=O)[C@H](Cc1cc(CN(Cc2ccccn2)Cc2ccccn2)c(O)c(CN(Cc2ccccn2)Cc2ccccn2)c1)NC(=O)c1cccc(NC(=O)C(F)(F)Cl)c1. The Morgan fingerprint density at radius 3 is 1.04 bits per heavy atom. The second kappa shape index (κ2) is 39.6. The van der Waals surface area contributed by atoms with E-state index < -0.39 is 47.1 Å². The highest BCUT2D eigenvalue weighted by molar-refractivity contribution is 6.34. The van der Waals surface area contributed by atoms with Gasteiger partial charge in [0.1, 0.15) is 23.6 Å². The Balaban J connectivity index is 0.892. The number of methoxy groups -OCH3 is 1. The minimum atomic E-state index is -4.28. The monoisotopic (exact) mass is 1500 g/mol. The number of nitrogens with zero attached hydrogens (tertiary/aromatic N) is 12. The highest BCUT2D eigenvalue weighted by Gasteiger charge is 2.36. The third-order valence-corrected chi connectivity index (χ3v) is 17.9. The molecule has 2 atom stereocenters. The molecule has 27 heteroatoms. The van der Waals surface area contributed by atoms with Crippen LogP contribution >= 0.6 is 11.6 Å². The molecule has 8 heterocycles. The van der Waals surface area contributed by atoms with E-state index in [4.69, 9.17) is 16.3 Å². The second-order valence-electron chi connectivity index (χ2n) is 26.3.